The molecule has 1 saturated carbocycles. The highest BCUT2D eigenvalue weighted by Crippen LogP contribution is 2.29. The highest BCUT2D eigenvalue weighted by atomic mass is 79.9. The fourth-order valence-electron chi connectivity index (χ4n) is 2.76. The molecule has 19 heavy (non-hydrogen) atoms. The van der Waals surface area contributed by atoms with Crippen LogP contribution in [0, 0.1) is 5.92 Å². The number of hydrogen-bond acceptors (Lipinski definition) is 2. The lowest BCUT2D eigenvalue weighted by Crippen LogP contribution is -2.25. The molecular weight excluding hydrogens is 320 g/mol. The van der Waals surface area contributed by atoms with Gasteiger partial charge in [0, 0.05) is 21.8 Å². The minimum Gasteiger partial charge on any atom is -0.389 e. The molecule has 104 valence electrons. The summed E-state index contributed by atoms with van der Waals surface area (Å²) in [4.78, 5) is 0.432. The second-order valence-electron chi connectivity index (χ2n) is 5.33. The van der Waals surface area contributed by atoms with E-state index in [1.54, 1.807) is 0 Å². The van der Waals surface area contributed by atoms with Crippen molar-refractivity contribution in [2.24, 2.45) is 11.7 Å². The molecule has 1 fully saturated rings. The number of hydrogen-bond donors (Lipinski definition) is 2. The van der Waals surface area contributed by atoms with E-state index >= 15 is 0 Å². The molecule has 1 aromatic carbocycles. The first-order chi connectivity index (χ1) is 9.10. The molecule has 0 heterocycles. The third-order valence-electron chi connectivity index (χ3n) is 4.03. The maximum atomic E-state index is 5.66. The van der Waals surface area contributed by atoms with Crippen molar-refractivity contribution in [3.8, 4) is 0 Å². The molecule has 2 nitrogen and oxygen atoms in total. The molecule has 1 aliphatic rings. The number of nitrogens with two attached hydrogens (primary N) is 1. The van der Waals surface area contributed by atoms with Crippen LogP contribution in [0.3, 0.4) is 0 Å². The summed E-state index contributed by atoms with van der Waals surface area (Å²) < 4.78 is 0.965. The van der Waals surface area contributed by atoms with Gasteiger partial charge in [0.05, 0.1) is 0 Å². The van der Waals surface area contributed by atoms with Gasteiger partial charge >= 0.3 is 0 Å². The summed E-state index contributed by atoms with van der Waals surface area (Å²) in [6, 6.07) is 6.71. The standard InChI is InChI=1S/C15H21BrN2S/c1-2-10-3-5-11(6-4-10)18-12-7-8-13(15(17)19)14(16)9-12/h7-11,18H,2-6H2,1H3,(H2,17,19). The summed E-state index contributed by atoms with van der Waals surface area (Å²) in [6.45, 7) is 2.30. The van der Waals surface area contributed by atoms with Gasteiger partial charge in [-0.3, -0.25) is 0 Å². The van der Waals surface area contributed by atoms with Gasteiger partial charge in [-0.05, 0) is 65.7 Å². The first-order valence-electron chi connectivity index (χ1n) is 6.96. The lowest BCUT2D eigenvalue weighted by molar-refractivity contribution is 0.330. The summed E-state index contributed by atoms with van der Waals surface area (Å²) in [5.41, 5.74) is 7.70. The van der Waals surface area contributed by atoms with Crippen LogP contribution in [0.5, 0.6) is 0 Å². The number of rotatable bonds is 4. The van der Waals surface area contributed by atoms with Crippen LogP contribution in [-0.2, 0) is 0 Å². The normalized spacial score (nSPS) is 23.1. The van der Waals surface area contributed by atoms with E-state index in [2.05, 4.69) is 40.3 Å². The van der Waals surface area contributed by atoms with Gasteiger partial charge < -0.3 is 11.1 Å². The van der Waals surface area contributed by atoms with Gasteiger partial charge in [-0.25, -0.2) is 0 Å². The zero-order chi connectivity index (χ0) is 13.8. The Hall–Kier alpha value is -0.610. The number of benzene rings is 1. The fraction of sp³-hybridized carbons (Fsp3) is 0.533. The van der Waals surface area contributed by atoms with Crippen LogP contribution in [0.2, 0.25) is 0 Å². The molecule has 3 N–H and O–H groups in total. The zero-order valence-electron chi connectivity index (χ0n) is 11.3. The molecule has 1 aromatic rings. The Morgan fingerprint density at radius 3 is 2.58 bits per heavy atom. The van der Waals surface area contributed by atoms with Crippen molar-refractivity contribution in [3.05, 3.63) is 28.2 Å². The minimum absolute atomic E-state index is 0.432. The summed E-state index contributed by atoms with van der Waals surface area (Å²) in [5.74, 6) is 0.932. The highest BCUT2D eigenvalue weighted by Gasteiger charge is 2.19. The van der Waals surface area contributed by atoms with Crippen LogP contribution in [0.4, 0.5) is 5.69 Å². The van der Waals surface area contributed by atoms with E-state index in [0.717, 1.165) is 21.6 Å². The van der Waals surface area contributed by atoms with Crippen LogP contribution < -0.4 is 11.1 Å². The van der Waals surface area contributed by atoms with Gasteiger partial charge in [0.2, 0.25) is 0 Å². The lowest BCUT2D eigenvalue weighted by Gasteiger charge is -2.29. The van der Waals surface area contributed by atoms with Crippen LogP contribution in [0.25, 0.3) is 0 Å². The predicted octanol–water partition coefficient (Wildman–Crippen LogP) is 4.46. The minimum atomic E-state index is 0.432. The average Bonchev–Trinajstić information content (AvgIpc) is 2.39. The number of anilines is 1. The van der Waals surface area contributed by atoms with Crippen molar-refractivity contribution in [2.75, 3.05) is 5.32 Å². The molecule has 0 aliphatic heterocycles. The van der Waals surface area contributed by atoms with E-state index in [0.29, 0.717) is 11.0 Å². The van der Waals surface area contributed by atoms with Crippen molar-refractivity contribution in [2.45, 2.75) is 45.1 Å². The molecule has 4 heteroatoms. The van der Waals surface area contributed by atoms with E-state index in [4.69, 9.17) is 18.0 Å². The van der Waals surface area contributed by atoms with E-state index in [1.165, 1.54) is 32.1 Å². The first kappa shape index (κ1) is 14.8. The molecule has 0 aromatic heterocycles. The smallest absolute Gasteiger partial charge is 0.105 e. The van der Waals surface area contributed by atoms with Crippen LogP contribution in [-0.4, -0.2) is 11.0 Å². The van der Waals surface area contributed by atoms with E-state index in [-0.39, 0.29) is 0 Å². The molecule has 0 bridgehead atoms. The summed E-state index contributed by atoms with van der Waals surface area (Å²) in [7, 11) is 0. The van der Waals surface area contributed by atoms with E-state index in [9.17, 15) is 0 Å². The van der Waals surface area contributed by atoms with Crippen molar-refractivity contribution in [1.82, 2.24) is 0 Å². The largest absolute Gasteiger partial charge is 0.389 e. The third-order valence-corrected chi connectivity index (χ3v) is 4.91. The highest BCUT2D eigenvalue weighted by molar-refractivity contribution is 9.10. The quantitative estimate of drug-likeness (QED) is 0.794. The van der Waals surface area contributed by atoms with Crippen molar-refractivity contribution in [3.63, 3.8) is 0 Å². The van der Waals surface area contributed by atoms with Crippen LogP contribution in [0.1, 0.15) is 44.6 Å². The van der Waals surface area contributed by atoms with E-state index in [1.807, 2.05) is 6.07 Å². The SMILES string of the molecule is CCC1CCC(Nc2ccc(C(N)=S)c(Br)c2)CC1. The molecule has 0 radical (unpaired) electrons. The van der Waals surface area contributed by atoms with Gasteiger partial charge in [0.15, 0.2) is 0 Å². The molecule has 0 atom stereocenters. The second-order valence-corrected chi connectivity index (χ2v) is 6.62. The monoisotopic (exact) mass is 340 g/mol. The van der Waals surface area contributed by atoms with Gasteiger partial charge in [-0.2, -0.15) is 0 Å². The molecule has 0 amide bonds. The van der Waals surface area contributed by atoms with Gasteiger partial charge in [0.1, 0.15) is 4.99 Å². The molecule has 0 saturated heterocycles. The molecule has 2 rings (SSSR count). The summed E-state index contributed by atoms with van der Waals surface area (Å²) in [5, 5.41) is 3.62. The Labute approximate surface area is 129 Å². The van der Waals surface area contributed by atoms with Gasteiger partial charge in [-0.15, -0.1) is 0 Å². The maximum Gasteiger partial charge on any atom is 0.105 e. The van der Waals surface area contributed by atoms with Crippen molar-refractivity contribution >= 4 is 38.8 Å². The van der Waals surface area contributed by atoms with Crippen molar-refractivity contribution < 1.29 is 0 Å². The van der Waals surface area contributed by atoms with Crippen LogP contribution >= 0.6 is 28.1 Å². The Kier molecular flexibility index (Phi) is 5.22. The van der Waals surface area contributed by atoms with Gasteiger partial charge in [0.25, 0.3) is 0 Å². The first-order valence-corrected chi connectivity index (χ1v) is 8.16. The average molecular weight is 341 g/mol. The third kappa shape index (κ3) is 3.93. The summed E-state index contributed by atoms with van der Waals surface area (Å²) in [6.07, 6.45) is 6.56. The second kappa shape index (κ2) is 6.71. The van der Waals surface area contributed by atoms with Crippen LogP contribution in [0.15, 0.2) is 22.7 Å². The maximum absolute atomic E-state index is 5.66. The van der Waals surface area contributed by atoms with Gasteiger partial charge in [-0.1, -0.05) is 25.6 Å². The molecule has 0 unspecified atom stereocenters. The predicted molar refractivity (Wildman–Crippen MR) is 89.7 cm³/mol. The molecule has 0 spiro atoms. The fourth-order valence-corrected chi connectivity index (χ4v) is 3.66. The zero-order valence-corrected chi connectivity index (χ0v) is 13.7. The van der Waals surface area contributed by atoms with Crippen molar-refractivity contribution in [1.29, 1.82) is 0 Å². The Balaban J connectivity index is 1.97. The molecular formula is C15H21BrN2S. The topological polar surface area (TPSA) is 38.0 Å². The molecule has 1 aliphatic carbocycles. The lowest BCUT2D eigenvalue weighted by atomic mass is 9.84. The number of nitrogens with one attached hydrogen (secondary N) is 1. The number of thiocarbonyl (C=S) groups is 1. The van der Waals surface area contributed by atoms with E-state index < -0.39 is 0 Å². The Bertz CT molecular complexity index is 453. The number of halogens is 1. The Morgan fingerprint density at radius 2 is 2.05 bits per heavy atom. The summed E-state index contributed by atoms with van der Waals surface area (Å²) >= 11 is 8.53. The Morgan fingerprint density at radius 1 is 1.37 bits per heavy atom.